The van der Waals surface area contributed by atoms with Crippen LogP contribution in [0.25, 0.3) is 127 Å². The highest BCUT2D eigenvalue weighted by molar-refractivity contribution is 6.21. The Morgan fingerprint density at radius 3 is 1.47 bits per heavy atom. The smallest absolute Gasteiger partial charge is 0.164 e. The topological polar surface area (TPSA) is 56.7 Å². The standard InChI is InChI=1S/C55H32N4O/c1-2-13-34(14-3-1)53-56-54(40-23-22-33-12-4-5-15-35(33)26-40)58-55(57-53)41-24-25-43-47-32-50(42-20-10-11-21-44(42)52(47)60-51(43)31-41)59-48-29-38-18-8-6-16-36(38)27-45(48)46-28-37-17-7-9-19-39(37)30-49(46)59/h1-32H. The number of fused-ring (bicyclic) bond motifs is 11. The molecule has 0 saturated heterocycles. The zero-order valence-electron chi connectivity index (χ0n) is 32.2. The third kappa shape index (κ3) is 5.03. The third-order valence-electron chi connectivity index (χ3n) is 12.1. The van der Waals surface area contributed by atoms with Gasteiger partial charge in [-0.1, -0.05) is 146 Å². The van der Waals surface area contributed by atoms with Crippen LogP contribution < -0.4 is 0 Å². The van der Waals surface area contributed by atoms with Crippen molar-refractivity contribution >= 4 is 86.8 Å². The quantitative estimate of drug-likeness (QED) is 0.179. The lowest BCUT2D eigenvalue weighted by Crippen LogP contribution is -2.00. The molecule has 0 saturated carbocycles. The predicted octanol–water partition coefficient (Wildman–Crippen LogP) is 14.5. The van der Waals surface area contributed by atoms with Crippen LogP contribution in [0.4, 0.5) is 0 Å². The lowest BCUT2D eigenvalue weighted by Gasteiger charge is -2.13. The molecule has 278 valence electrons. The second-order valence-corrected chi connectivity index (χ2v) is 15.6. The molecule has 0 spiro atoms. The minimum atomic E-state index is 0.588. The van der Waals surface area contributed by atoms with Crippen LogP contribution in [0.15, 0.2) is 199 Å². The van der Waals surface area contributed by atoms with Gasteiger partial charge < -0.3 is 8.98 Å². The largest absolute Gasteiger partial charge is 0.455 e. The summed E-state index contributed by atoms with van der Waals surface area (Å²) in [6, 6.07) is 68.8. The Kier molecular flexibility index (Phi) is 6.95. The summed E-state index contributed by atoms with van der Waals surface area (Å²) in [5, 5.41) is 13.9. The van der Waals surface area contributed by atoms with Crippen molar-refractivity contribution in [1.82, 2.24) is 19.5 Å². The molecule has 0 aliphatic heterocycles. The molecular weight excluding hydrogens is 733 g/mol. The summed E-state index contributed by atoms with van der Waals surface area (Å²) >= 11 is 0. The van der Waals surface area contributed by atoms with Gasteiger partial charge in [0.05, 0.1) is 16.7 Å². The number of aromatic nitrogens is 4. The number of nitrogens with zero attached hydrogens (tertiary/aromatic N) is 4. The monoisotopic (exact) mass is 764 g/mol. The molecule has 60 heavy (non-hydrogen) atoms. The SMILES string of the molecule is c1ccc(-c2nc(-c3ccc4ccccc4c3)nc(-c3ccc4c(c3)oc3c5ccccc5c(-n5c6cc7ccccc7cc6c6cc7ccccc7cc65)cc43)n2)cc1. The van der Waals surface area contributed by atoms with Gasteiger partial charge in [0.2, 0.25) is 0 Å². The zero-order chi connectivity index (χ0) is 39.3. The molecule has 0 fully saturated rings. The Morgan fingerprint density at radius 1 is 0.317 bits per heavy atom. The van der Waals surface area contributed by atoms with Gasteiger partial charge in [0.25, 0.3) is 0 Å². The molecule has 5 heteroatoms. The van der Waals surface area contributed by atoms with Gasteiger partial charge in [0, 0.05) is 49.0 Å². The van der Waals surface area contributed by atoms with Crippen molar-refractivity contribution in [2.24, 2.45) is 0 Å². The first-order chi connectivity index (χ1) is 29.7. The average Bonchev–Trinajstić information content (AvgIpc) is 3.83. The molecule has 0 unspecified atom stereocenters. The molecule has 0 N–H and O–H groups in total. The molecule has 0 bridgehead atoms. The minimum absolute atomic E-state index is 0.588. The summed E-state index contributed by atoms with van der Waals surface area (Å²) < 4.78 is 9.35. The molecule has 3 aromatic heterocycles. The van der Waals surface area contributed by atoms with Gasteiger partial charge in [-0.05, 0) is 80.8 Å². The van der Waals surface area contributed by atoms with Crippen LogP contribution >= 0.6 is 0 Å². The van der Waals surface area contributed by atoms with E-state index < -0.39 is 0 Å². The van der Waals surface area contributed by atoms with Crippen LogP contribution in [0.3, 0.4) is 0 Å². The van der Waals surface area contributed by atoms with Gasteiger partial charge in [-0.2, -0.15) is 0 Å². The maximum atomic E-state index is 6.89. The second-order valence-electron chi connectivity index (χ2n) is 15.6. The first kappa shape index (κ1) is 32.9. The number of hydrogen-bond acceptors (Lipinski definition) is 4. The van der Waals surface area contributed by atoms with Crippen molar-refractivity contribution in [3.8, 4) is 39.9 Å². The van der Waals surface area contributed by atoms with Gasteiger partial charge in [-0.25, -0.2) is 15.0 Å². The molecule has 0 aliphatic rings. The molecule has 0 amide bonds. The zero-order valence-corrected chi connectivity index (χ0v) is 32.2. The van der Waals surface area contributed by atoms with Crippen molar-refractivity contribution in [1.29, 1.82) is 0 Å². The Labute approximate surface area is 343 Å². The van der Waals surface area contributed by atoms with E-state index in [-0.39, 0.29) is 0 Å². The number of hydrogen-bond donors (Lipinski definition) is 0. The molecule has 13 aromatic rings. The van der Waals surface area contributed by atoms with E-state index >= 15 is 0 Å². The fourth-order valence-electron chi connectivity index (χ4n) is 9.23. The van der Waals surface area contributed by atoms with Crippen LogP contribution in [0.5, 0.6) is 0 Å². The third-order valence-corrected chi connectivity index (χ3v) is 12.1. The van der Waals surface area contributed by atoms with Crippen molar-refractivity contribution in [2.45, 2.75) is 0 Å². The van der Waals surface area contributed by atoms with E-state index in [9.17, 15) is 0 Å². The molecule has 3 heterocycles. The number of rotatable bonds is 4. The van der Waals surface area contributed by atoms with E-state index in [1.807, 2.05) is 30.3 Å². The predicted molar refractivity (Wildman–Crippen MR) is 248 cm³/mol. The van der Waals surface area contributed by atoms with E-state index in [2.05, 4.69) is 168 Å². The van der Waals surface area contributed by atoms with Crippen LogP contribution in [0.2, 0.25) is 0 Å². The van der Waals surface area contributed by atoms with Crippen molar-refractivity contribution < 1.29 is 4.42 Å². The maximum Gasteiger partial charge on any atom is 0.164 e. The Morgan fingerprint density at radius 2 is 0.817 bits per heavy atom. The average molecular weight is 765 g/mol. The van der Waals surface area contributed by atoms with Gasteiger partial charge in [-0.3, -0.25) is 0 Å². The van der Waals surface area contributed by atoms with Gasteiger partial charge >= 0.3 is 0 Å². The van der Waals surface area contributed by atoms with Crippen molar-refractivity contribution in [3.63, 3.8) is 0 Å². The van der Waals surface area contributed by atoms with Gasteiger partial charge in [0.15, 0.2) is 17.5 Å². The van der Waals surface area contributed by atoms with Crippen LogP contribution in [0.1, 0.15) is 0 Å². The van der Waals surface area contributed by atoms with Gasteiger partial charge in [0.1, 0.15) is 11.2 Å². The summed E-state index contributed by atoms with van der Waals surface area (Å²) in [6.45, 7) is 0. The highest BCUT2D eigenvalue weighted by atomic mass is 16.3. The van der Waals surface area contributed by atoms with Crippen molar-refractivity contribution in [2.75, 3.05) is 0 Å². The van der Waals surface area contributed by atoms with Gasteiger partial charge in [-0.15, -0.1) is 0 Å². The minimum Gasteiger partial charge on any atom is -0.455 e. The second kappa shape index (κ2) is 12.7. The molecule has 0 atom stereocenters. The summed E-state index contributed by atoms with van der Waals surface area (Å²) in [5.74, 6) is 1.83. The molecule has 13 rings (SSSR count). The van der Waals surface area contributed by atoms with Crippen LogP contribution in [0, 0.1) is 0 Å². The molecule has 0 radical (unpaired) electrons. The number of furan rings is 1. The first-order valence-corrected chi connectivity index (χ1v) is 20.3. The summed E-state index contributed by atoms with van der Waals surface area (Å²) in [7, 11) is 0. The fraction of sp³-hybridized carbons (Fsp3) is 0. The molecule has 0 aliphatic carbocycles. The summed E-state index contributed by atoms with van der Waals surface area (Å²) in [6.07, 6.45) is 0. The van der Waals surface area contributed by atoms with E-state index in [0.29, 0.717) is 17.5 Å². The Balaban J connectivity index is 1.04. The van der Waals surface area contributed by atoms with E-state index in [1.54, 1.807) is 0 Å². The lowest BCUT2D eigenvalue weighted by atomic mass is 10.0. The number of benzene rings is 10. The normalized spacial score (nSPS) is 12.0. The molecule has 5 nitrogen and oxygen atoms in total. The van der Waals surface area contributed by atoms with Crippen LogP contribution in [-0.2, 0) is 0 Å². The van der Waals surface area contributed by atoms with E-state index in [1.165, 1.54) is 48.7 Å². The highest BCUT2D eigenvalue weighted by Crippen LogP contribution is 2.43. The molecular formula is C55H32N4O. The van der Waals surface area contributed by atoms with Crippen molar-refractivity contribution in [3.05, 3.63) is 194 Å². The fourth-order valence-corrected chi connectivity index (χ4v) is 9.23. The van der Waals surface area contributed by atoms with E-state index in [0.717, 1.165) is 60.5 Å². The highest BCUT2D eigenvalue weighted by Gasteiger charge is 2.21. The first-order valence-electron chi connectivity index (χ1n) is 20.3. The summed E-state index contributed by atoms with van der Waals surface area (Å²) in [5.41, 5.74) is 7.81. The lowest BCUT2D eigenvalue weighted by molar-refractivity contribution is 0.672. The molecule has 10 aromatic carbocycles. The van der Waals surface area contributed by atoms with Crippen LogP contribution in [-0.4, -0.2) is 19.5 Å². The Hall–Kier alpha value is -8.15. The van der Waals surface area contributed by atoms with E-state index in [4.69, 9.17) is 19.4 Å². The Bertz CT molecular complexity index is 3810. The maximum absolute atomic E-state index is 6.89. The summed E-state index contributed by atoms with van der Waals surface area (Å²) in [4.78, 5) is 15.2.